The van der Waals surface area contributed by atoms with Gasteiger partial charge in [0.15, 0.2) is 5.65 Å². The van der Waals surface area contributed by atoms with E-state index in [4.69, 9.17) is 0 Å². The number of pyridine rings is 1. The van der Waals surface area contributed by atoms with Gasteiger partial charge >= 0.3 is 0 Å². The van der Waals surface area contributed by atoms with Crippen molar-refractivity contribution in [3.05, 3.63) is 52.1 Å². The minimum Gasteiger partial charge on any atom is -0.356 e. The van der Waals surface area contributed by atoms with Crippen LogP contribution >= 0.6 is 0 Å². The van der Waals surface area contributed by atoms with Gasteiger partial charge in [0.25, 0.3) is 5.56 Å². The van der Waals surface area contributed by atoms with Crippen LogP contribution in [-0.4, -0.2) is 37.6 Å². The van der Waals surface area contributed by atoms with Crippen LogP contribution in [0, 0.1) is 26.7 Å². The van der Waals surface area contributed by atoms with Crippen LogP contribution in [0.2, 0.25) is 0 Å². The van der Waals surface area contributed by atoms with Crippen molar-refractivity contribution >= 4 is 16.9 Å². The largest absolute Gasteiger partial charge is 0.356 e. The Labute approximate surface area is 158 Å². The fraction of sp³-hybridized carbons (Fsp3) is 0.450. The van der Waals surface area contributed by atoms with Crippen molar-refractivity contribution in [2.45, 2.75) is 40.2 Å². The maximum atomic E-state index is 12.4. The Bertz CT molecular complexity index is 1040. The lowest BCUT2D eigenvalue weighted by Gasteiger charge is -2.33. The summed E-state index contributed by atoms with van der Waals surface area (Å²) in [5.74, 6) is 2.18. The van der Waals surface area contributed by atoms with E-state index in [1.807, 2.05) is 32.9 Å². The highest BCUT2D eigenvalue weighted by molar-refractivity contribution is 5.86. The van der Waals surface area contributed by atoms with E-state index < -0.39 is 0 Å². The molecule has 4 rings (SSSR count). The lowest BCUT2D eigenvalue weighted by Crippen LogP contribution is -2.37. The van der Waals surface area contributed by atoms with Crippen LogP contribution in [0.25, 0.3) is 11.0 Å². The average Bonchev–Trinajstić information content (AvgIpc) is 2.68. The smallest absolute Gasteiger partial charge is 0.256 e. The Balaban J connectivity index is 1.50. The molecular weight excluding hydrogens is 340 g/mol. The van der Waals surface area contributed by atoms with Gasteiger partial charge in [-0.1, -0.05) is 0 Å². The molecular formula is C20H24N6O. The number of piperidine rings is 1. The van der Waals surface area contributed by atoms with Gasteiger partial charge in [-0.3, -0.25) is 9.36 Å². The van der Waals surface area contributed by atoms with Crippen molar-refractivity contribution < 1.29 is 0 Å². The molecule has 0 bridgehead atoms. The summed E-state index contributed by atoms with van der Waals surface area (Å²) in [5, 5.41) is 0.996. The zero-order chi connectivity index (χ0) is 19.0. The number of aryl methyl sites for hydroxylation is 2. The SMILES string of the molecule is Cc1nc(N2CCC(Cn3cnc(C)c(C)c3=O)CC2)c2cccnc2n1. The molecule has 0 aliphatic carbocycles. The summed E-state index contributed by atoms with van der Waals surface area (Å²) >= 11 is 0. The summed E-state index contributed by atoms with van der Waals surface area (Å²) in [6.45, 7) is 8.19. The summed E-state index contributed by atoms with van der Waals surface area (Å²) in [6.07, 6.45) is 5.48. The molecule has 1 saturated heterocycles. The van der Waals surface area contributed by atoms with Gasteiger partial charge in [0.05, 0.1) is 11.7 Å². The molecule has 1 fully saturated rings. The van der Waals surface area contributed by atoms with E-state index in [2.05, 4.69) is 24.8 Å². The average molecular weight is 364 g/mol. The van der Waals surface area contributed by atoms with Crippen molar-refractivity contribution in [2.24, 2.45) is 5.92 Å². The fourth-order valence-electron chi connectivity index (χ4n) is 3.70. The summed E-state index contributed by atoms with van der Waals surface area (Å²) in [6, 6.07) is 3.96. The topological polar surface area (TPSA) is 76.8 Å². The summed E-state index contributed by atoms with van der Waals surface area (Å²) in [7, 11) is 0. The number of rotatable bonds is 3. The standard InChI is InChI=1S/C20H24N6O/c1-13-14(2)22-12-26(20(13)27)11-16-6-9-25(10-7-16)19-17-5-4-8-21-18(17)23-15(3)24-19/h4-5,8,12,16H,6-7,9-11H2,1-3H3. The predicted octanol–water partition coefficient (Wildman–Crippen LogP) is 2.42. The Morgan fingerprint density at radius 2 is 1.89 bits per heavy atom. The van der Waals surface area contributed by atoms with E-state index in [1.165, 1.54) is 0 Å². The number of hydrogen-bond donors (Lipinski definition) is 0. The zero-order valence-electron chi connectivity index (χ0n) is 16.0. The molecule has 1 aliphatic heterocycles. The molecule has 4 heterocycles. The first-order valence-electron chi connectivity index (χ1n) is 9.40. The Morgan fingerprint density at radius 3 is 2.67 bits per heavy atom. The van der Waals surface area contributed by atoms with Gasteiger partial charge in [0, 0.05) is 37.1 Å². The molecule has 0 unspecified atom stereocenters. The molecule has 0 amide bonds. The first kappa shape index (κ1) is 17.6. The van der Waals surface area contributed by atoms with E-state index in [0.717, 1.165) is 66.4 Å². The summed E-state index contributed by atoms with van der Waals surface area (Å²) < 4.78 is 1.76. The third-order valence-corrected chi connectivity index (χ3v) is 5.45. The van der Waals surface area contributed by atoms with Crippen molar-refractivity contribution in [1.29, 1.82) is 0 Å². The third kappa shape index (κ3) is 3.41. The van der Waals surface area contributed by atoms with E-state index in [1.54, 1.807) is 17.1 Å². The van der Waals surface area contributed by atoms with Gasteiger partial charge in [0.1, 0.15) is 11.6 Å². The van der Waals surface area contributed by atoms with Crippen LogP contribution in [0.4, 0.5) is 5.82 Å². The van der Waals surface area contributed by atoms with Crippen LogP contribution in [-0.2, 0) is 6.54 Å². The van der Waals surface area contributed by atoms with Crippen molar-refractivity contribution in [3.63, 3.8) is 0 Å². The molecule has 0 N–H and O–H groups in total. The lowest BCUT2D eigenvalue weighted by molar-refractivity contribution is 0.349. The number of nitrogens with zero attached hydrogens (tertiary/aromatic N) is 6. The quantitative estimate of drug-likeness (QED) is 0.710. The molecule has 1 aliphatic rings. The van der Waals surface area contributed by atoms with Gasteiger partial charge in [-0.15, -0.1) is 0 Å². The van der Waals surface area contributed by atoms with E-state index in [9.17, 15) is 4.79 Å². The van der Waals surface area contributed by atoms with Crippen LogP contribution in [0.15, 0.2) is 29.5 Å². The Morgan fingerprint density at radius 1 is 1.11 bits per heavy atom. The van der Waals surface area contributed by atoms with E-state index in [0.29, 0.717) is 5.92 Å². The second-order valence-electron chi connectivity index (χ2n) is 7.31. The Hall–Kier alpha value is -2.83. The highest BCUT2D eigenvalue weighted by Gasteiger charge is 2.23. The number of hydrogen-bond acceptors (Lipinski definition) is 6. The highest BCUT2D eigenvalue weighted by Crippen LogP contribution is 2.27. The summed E-state index contributed by atoms with van der Waals surface area (Å²) in [5.41, 5.74) is 2.37. The third-order valence-electron chi connectivity index (χ3n) is 5.45. The maximum absolute atomic E-state index is 12.4. The molecule has 7 nitrogen and oxygen atoms in total. The molecule has 3 aromatic heterocycles. The molecule has 0 atom stereocenters. The fourth-order valence-corrected chi connectivity index (χ4v) is 3.70. The van der Waals surface area contributed by atoms with Crippen LogP contribution < -0.4 is 10.5 Å². The second kappa shape index (κ2) is 7.06. The van der Waals surface area contributed by atoms with Crippen molar-refractivity contribution in [1.82, 2.24) is 24.5 Å². The zero-order valence-corrected chi connectivity index (χ0v) is 16.0. The number of anilines is 1. The molecule has 0 saturated carbocycles. The predicted molar refractivity (Wildman–Crippen MR) is 105 cm³/mol. The van der Waals surface area contributed by atoms with Crippen molar-refractivity contribution in [2.75, 3.05) is 18.0 Å². The maximum Gasteiger partial charge on any atom is 0.256 e. The molecule has 0 spiro atoms. The first-order chi connectivity index (χ1) is 13.0. The Kier molecular flexibility index (Phi) is 4.59. The van der Waals surface area contributed by atoms with Gasteiger partial charge in [0.2, 0.25) is 0 Å². The minimum absolute atomic E-state index is 0.0772. The van der Waals surface area contributed by atoms with Crippen molar-refractivity contribution in [3.8, 4) is 0 Å². The highest BCUT2D eigenvalue weighted by atomic mass is 16.1. The number of aromatic nitrogens is 5. The van der Waals surface area contributed by atoms with Crippen LogP contribution in [0.5, 0.6) is 0 Å². The minimum atomic E-state index is 0.0772. The molecule has 140 valence electrons. The first-order valence-corrected chi connectivity index (χ1v) is 9.40. The monoisotopic (exact) mass is 364 g/mol. The molecule has 27 heavy (non-hydrogen) atoms. The van der Waals surface area contributed by atoms with Gasteiger partial charge in [-0.25, -0.2) is 19.9 Å². The number of fused-ring (bicyclic) bond motifs is 1. The normalized spacial score (nSPS) is 15.4. The van der Waals surface area contributed by atoms with E-state index in [-0.39, 0.29) is 5.56 Å². The molecule has 0 radical (unpaired) electrons. The van der Waals surface area contributed by atoms with E-state index >= 15 is 0 Å². The van der Waals surface area contributed by atoms with Gasteiger partial charge < -0.3 is 4.90 Å². The summed E-state index contributed by atoms with van der Waals surface area (Å²) in [4.78, 5) is 32.6. The van der Waals surface area contributed by atoms with Gasteiger partial charge in [-0.2, -0.15) is 0 Å². The lowest BCUT2D eigenvalue weighted by atomic mass is 9.96. The second-order valence-corrected chi connectivity index (χ2v) is 7.31. The molecule has 7 heteroatoms. The molecule has 3 aromatic rings. The van der Waals surface area contributed by atoms with Crippen LogP contribution in [0.1, 0.15) is 29.9 Å². The van der Waals surface area contributed by atoms with Crippen LogP contribution in [0.3, 0.4) is 0 Å². The molecule has 0 aromatic carbocycles. The van der Waals surface area contributed by atoms with Gasteiger partial charge in [-0.05, 0) is 51.7 Å².